The van der Waals surface area contributed by atoms with Gasteiger partial charge in [-0.05, 0) is 25.0 Å². The molecule has 0 aliphatic carbocycles. The first kappa shape index (κ1) is 15.0. The number of methoxy groups -OCH3 is 1. The van der Waals surface area contributed by atoms with E-state index in [2.05, 4.69) is 0 Å². The normalized spacial score (nSPS) is 14.6. The maximum absolute atomic E-state index is 10.3. The quantitative estimate of drug-likeness (QED) is 0.818. The van der Waals surface area contributed by atoms with E-state index in [0.717, 1.165) is 18.4 Å². The number of ether oxygens (including phenoxy) is 1. The van der Waals surface area contributed by atoms with Crippen LogP contribution in [-0.4, -0.2) is 23.4 Å². The van der Waals surface area contributed by atoms with Gasteiger partial charge in [0.05, 0.1) is 13.2 Å². The van der Waals surface area contributed by atoms with Crippen molar-refractivity contribution in [3.8, 4) is 5.75 Å². The van der Waals surface area contributed by atoms with E-state index >= 15 is 0 Å². The van der Waals surface area contributed by atoms with Crippen molar-refractivity contribution in [1.29, 1.82) is 0 Å². The van der Waals surface area contributed by atoms with Crippen LogP contribution in [0.2, 0.25) is 0 Å². The minimum absolute atomic E-state index is 0.102. The van der Waals surface area contributed by atoms with Crippen LogP contribution in [0.3, 0.4) is 0 Å². The Morgan fingerprint density at radius 3 is 2.28 bits per heavy atom. The third-order valence-electron chi connectivity index (χ3n) is 3.56. The van der Waals surface area contributed by atoms with Gasteiger partial charge in [0.15, 0.2) is 0 Å². The Labute approximate surface area is 109 Å². The number of hydrogen-bond acceptors (Lipinski definition) is 3. The summed E-state index contributed by atoms with van der Waals surface area (Å²) in [5.41, 5.74) is 1.71. The third kappa shape index (κ3) is 3.24. The van der Waals surface area contributed by atoms with Gasteiger partial charge in [-0.2, -0.15) is 0 Å². The van der Waals surface area contributed by atoms with Crippen molar-refractivity contribution in [1.82, 2.24) is 0 Å². The molecule has 2 N–H and O–H groups in total. The van der Waals surface area contributed by atoms with Gasteiger partial charge in [0.2, 0.25) is 0 Å². The van der Waals surface area contributed by atoms with Gasteiger partial charge in [-0.1, -0.05) is 38.3 Å². The number of benzene rings is 1. The molecule has 0 saturated heterocycles. The molecule has 0 saturated carbocycles. The second kappa shape index (κ2) is 6.76. The first-order valence-corrected chi connectivity index (χ1v) is 6.55. The Hall–Kier alpha value is -1.06. The topological polar surface area (TPSA) is 49.7 Å². The Balaban J connectivity index is 3.01. The molecular formula is C15H24O3. The zero-order valence-corrected chi connectivity index (χ0v) is 11.7. The van der Waals surface area contributed by atoms with Gasteiger partial charge >= 0.3 is 0 Å². The number of rotatable bonds is 6. The molecule has 0 bridgehead atoms. The lowest BCUT2D eigenvalue weighted by Crippen LogP contribution is -2.27. The van der Waals surface area contributed by atoms with Crippen molar-refractivity contribution in [3.05, 3.63) is 29.3 Å². The molecule has 2 unspecified atom stereocenters. The van der Waals surface area contributed by atoms with Crippen LogP contribution in [0, 0.1) is 12.8 Å². The first-order valence-electron chi connectivity index (χ1n) is 6.55. The summed E-state index contributed by atoms with van der Waals surface area (Å²) in [4.78, 5) is 0. The third-order valence-corrected chi connectivity index (χ3v) is 3.56. The van der Waals surface area contributed by atoms with Crippen molar-refractivity contribution in [2.45, 2.75) is 45.8 Å². The van der Waals surface area contributed by atoms with Crippen molar-refractivity contribution in [2.24, 2.45) is 5.92 Å². The largest absolute Gasteiger partial charge is 0.496 e. The molecular weight excluding hydrogens is 228 g/mol. The van der Waals surface area contributed by atoms with Gasteiger partial charge in [0, 0.05) is 5.56 Å². The van der Waals surface area contributed by atoms with Crippen LogP contribution in [0.15, 0.2) is 18.2 Å². The molecule has 1 aromatic rings. The molecule has 0 fully saturated rings. The van der Waals surface area contributed by atoms with Gasteiger partial charge in [-0.15, -0.1) is 0 Å². The van der Waals surface area contributed by atoms with Gasteiger partial charge in [-0.25, -0.2) is 0 Å². The van der Waals surface area contributed by atoms with Crippen molar-refractivity contribution in [3.63, 3.8) is 0 Å². The molecule has 0 aromatic heterocycles. The Kier molecular flexibility index (Phi) is 5.63. The Morgan fingerprint density at radius 1 is 1.17 bits per heavy atom. The predicted molar refractivity (Wildman–Crippen MR) is 72.8 cm³/mol. The average molecular weight is 252 g/mol. The van der Waals surface area contributed by atoms with E-state index in [-0.39, 0.29) is 5.92 Å². The van der Waals surface area contributed by atoms with Gasteiger partial charge in [0.25, 0.3) is 0 Å². The van der Waals surface area contributed by atoms with Crippen LogP contribution in [-0.2, 0) is 0 Å². The molecule has 0 heterocycles. The monoisotopic (exact) mass is 252 g/mol. The van der Waals surface area contributed by atoms with Gasteiger partial charge in [0.1, 0.15) is 11.9 Å². The van der Waals surface area contributed by atoms with E-state index in [9.17, 15) is 10.2 Å². The van der Waals surface area contributed by atoms with E-state index in [1.165, 1.54) is 0 Å². The summed E-state index contributed by atoms with van der Waals surface area (Å²) < 4.78 is 5.25. The fourth-order valence-corrected chi connectivity index (χ4v) is 2.30. The molecule has 18 heavy (non-hydrogen) atoms. The van der Waals surface area contributed by atoms with Crippen LogP contribution >= 0.6 is 0 Å². The van der Waals surface area contributed by atoms with Gasteiger partial charge < -0.3 is 14.9 Å². The first-order chi connectivity index (χ1) is 8.54. The van der Waals surface area contributed by atoms with E-state index in [0.29, 0.717) is 11.3 Å². The Bertz CT molecular complexity index is 372. The molecule has 0 aliphatic heterocycles. The minimum atomic E-state index is -0.898. The Morgan fingerprint density at radius 2 is 1.78 bits per heavy atom. The average Bonchev–Trinajstić information content (AvgIpc) is 2.39. The SMILES string of the molecule is CCC(CC)C(O)C(O)c1cc(C)ccc1OC. The fraction of sp³-hybridized carbons (Fsp3) is 0.600. The number of hydrogen-bond donors (Lipinski definition) is 2. The maximum Gasteiger partial charge on any atom is 0.124 e. The van der Waals surface area contributed by atoms with Gasteiger partial charge in [-0.3, -0.25) is 0 Å². The molecule has 1 rings (SSSR count). The lowest BCUT2D eigenvalue weighted by Gasteiger charge is -2.26. The van der Waals surface area contributed by atoms with Crippen LogP contribution in [0.4, 0.5) is 0 Å². The molecule has 0 aliphatic rings. The predicted octanol–water partition coefficient (Wildman–Crippen LogP) is 2.83. The number of aliphatic hydroxyl groups is 2. The molecule has 0 amide bonds. The van der Waals surface area contributed by atoms with E-state index in [4.69, 9.17) is 4.74 Å². The highest BCUT2D eigenvalue weighted by Gasteiger charge is 2.27. The number of aliphatic hydroxyl groups excluding tert-OH is 2. The van der Waals surface area contributed by atoms with Crippen LogP contribution in [0.1, 0.15) is 43.9 Å². The van der Waals surface area contributed by atoms with Crippen molar-refractivity contribution >= 4 is 0 Å². The summed E-state index contributed by atoms with van der Waals surface area (Å²) in [5.74, 6) is 0.725. The summed E-state index contributed by atoms with van der Waals surface area (Å²) in [5, 5.41) is 20.6. The summed E-state index contributed by atoms with van der Waals surface area (Å²) in [6, 6.07) is 5.63. The fourth-order valence-electron chi connectivity index (χ4n) is 2.30. The van der Waals surface area contributed by atoms with Crippen LogP contribution in [0.25, 0.3) is 0 Å². The molecule has 2 atom stereocenters. The second-order valence-corrected chi connectivity index (χ2v) is 4.76. The zero-order chi connectivity index (χ0) is 13.7. The lowest BCUT2D eigenvalue weighted by atomic mass is 9.89. The summed E-state index contributed by atoms with van der Waals surface area (Å²) in [7, 11) is 1.57. The summed E-state index contributed by atoms with van der Waals surface area (Å²) >= 11 is 0. The molecule has 0 spiro atoms. The van der Waals surface area contributed by atoms with Crippen molar-refractivity contribution in [2.75, 3.05) is 7.11 Å². The smallest absolute Gasteiger partial charge is 0.124 e. The number of aryl methyl sites for hydroxylation is 1. The maximum atomic E-state index is 10.3. The van der Waals surface area contributed by atoms with E-state index < -0.39 is 12.2 Å². The molecule has 102 valence electrons. The van der Waals surface area contributed by atoms with Crippen molar-refractivity contribution < 1.29 is 14.9 Å². The molecule has 3 nitrogen and oxygen atoms in total. The van der Waals surface area contributed by atoms with Crippen LogP contribution in [0.5, 0.6) is 5.75 Å². The summed E-state index contributed by atoms with van der Waals surface area (Å²) in [6.45, 7) is 6.01. The highest BCUT2D eigenvalue weighted by molar-refractivity contribution is 5.38. The standard InChI is InChI=1S/C15H24O3/c1-5-11(6-2)14(16)15(17)12-9-10(3)7-8-13(12)18-4/h7-9,11,14-17H,5-6H2,1-4H3. The van der Waals surface area contributed by atoms with Crippen LogP contribution < -0.4 is 4.74 Å². The molecule has 1 aromatic carbocycles. The zero-order valence-electron chi connectivity index (χ0n) is 11.7. The van der Waals surface area contributed by atoms with E-state index in [1.807, 2.05) is 39.0 Å². The summed E-state index contributed by atoms with van der Waals surface area (Å²) in [6.07, 6.45) is 0.0478. The highest BCUT2D eigenvalue weighted by Crippen LogP contribution is 2.32. The second-order valence-electron chi connectivity index (χ2n) is 4.76. The highest BCUT2D eigenvalue weighted by atomic mass is 16.5. The lowest BCUT2D eigenvalue weighted by molar-refractivity contribution is -0.0219. The minimum Gasteiger partial charge on any atom is -0.496 e. The molecule has 3 heteroatoms. The van der Waals surface area contributed by atoms with E-state index in [1.54, 1.807) is 7.11 Å². The molecule has 0 radical (unpaired) electrons.